The van der Waals surface area contributed by atoms with Crippen LogP contribution in [-0.4, -0.2) is 31.6 Å². The van der Waals surface area contributed by atoms with Crippen molar-refractivity contribution in [3.8, 4) is 5.75 Å². The molecule has 2 amide bonds. The molecule has 0 fully saturated rings. The average Bonchev–Trinajstić information content (AvgIpc) is 2.31. The minimum Gasteiger partial charge on any atom is -0.490 e. The maximum Gasteiger partial charge on any atom is 0.321 e. The second-order valence-corrected chi connectivity index (χ2v) is 3.73. The van der Waals surface area contributed by atoms with Gasteiger partial charge in [-0.1, -0.05) is 12.2 Å². The average molecular weight is 234 g/mol. The van der Waals surface area contributed by atoms with Crippen molar-refractivity contribution in [1.82, 2.24) is 4.90 Å². The highest BCUT2D eigenvalue weighted by Crippen LogP contribution is 2.15. The number of ether oxygens (including phenoxy) is 1. The number of hydrogen-bond acceptors (Lipinski definition) is 2. The van der Waals surface area contributed by atoms with Gasteiger partial charge in [0.05, 0.1) is 0 Å². The summed E-state index contributed by atoms with van der Waals surface area (Å²) in [5, 5.41) is 2.75. The Hall–Kier alpha value is -1.97. The van der Waals surface area contributed by atoms with Crippen LogP contribution in [0.3, 0.4) is 0 Å². The second-order valence-electron chi connectivity index (χ2n) is 3.73. The molecule has 0 aliphatic heterocycles. The van der Waals surface area contributed by atoms with Crippen molar-refractivity contribution < 1.29 is 9.53 Å². The summed E-state index contributed by atoms with van der Waals surface area (Å²) in [5.41, 5.74) is 0.752. The summed E-state index contributed by atoms with van der Waals surface area (Å²) < 4.78 is 5.44. The van der Waals surface area contributed by atoms with Crippen LogP contribution < -0.4 is 10.1 Å². The minimum atomic E-state index is -0.146. The summed E-state index contributed by atoms with van der Waals surface area (Å²) in [6.07, 6.45) is 3.87. The van der Waals surface area contributed by atoms with Crippen molar-refractivity contribution >= 4 is 11.7 Å². The first kappa shape index (κ1) is 13.1. The second kappa shape index (κ2) is 6.58. The summed E-state index contributed by atoms with van der Waals surface area (Å²) in [6, 6.07) is 7.13. The number of rotatable bonds is 4. The predicted octanol–water partition coefficient (Wildman–Crippen LogP) is 2.74. The number of allylic oxidation sites excluding steroid dienone is 1. The molecule has 0 spiro atoms. The molecule has 0 atom stereocenters. The molecule has 0 bridgehead atoms. The van der Waals surface area contributed by atoms with Gasteiger partial charge in [0.15, 0.2) is 0 Å². The first-order chi connectivity index (χ1) is 8.13. The molecule has 1 rings (SSSR count). The zero-order valence-electron chi connectivity index (χ0n) is 10.4. The van der Waals surface area contributed by atoms with Gasteiger partial charge in [-0.25, -0.2) is 4.79 Å². The highest BCUT2D eigenvalue weighted by atomic mass is 16.5. The predicted molar refractivity (Wildman–Crippen MR) is 69.5 cm³/mol. The Kier molecular flexibility index (Phi) is 5.07. The summed E-state index contributed by atoms with van der Waals surface area (Å²) in [7, 11) is 3.40. The highest BCUT2D eigenvalue weighted by Gasteiger charge is 2.03. The first-order valence-corrected chi connectivity index (χ1v) is 5.46. The number of hydrogen-bond donors (Lipinski definition) is 1. The number of anilines is 1. The van der Waals surface area contributed by atoms with E-state index in [2.05, 4.69) is 5.32 Å². The van der Waals surface area contributed by atoms with Crippen LogP contribution in [0.25, 0.3) is 0 Å². The number of nitrogens with zero attached hydrogens (tertiary/aromatic N) is 1. The van der Waals surface area contributed by atoms with Crippen LogP contribution in [0.5, 0.6) is 5.75 Å². The van der Waals surface area contributed by atoms with Gasteiger partial charge in [-0.2, -0.15) is 0 Å². The highest BCUT2D eigenvalue weighted by molar-refractivity contribution is 5.88. The summed E-state index contributed by atoms with van der Waals surface area (Å²) in [5.74, 6) is 0.783. The lowest BCUT2D eigenvalue weighted by Crippen LogP contribution is -2.27. The molecule has 0 aliphatic carbocycles. The van der Waals surface area contributed by atoms with Crippen LogP contribution >= 0.6 is 0 Å². The first-order valence-electron chi connectivity index (χ1n) is 5.46. The van der Waals surface area contributed by atoms with E-state index in [-0.39, 0.29) is 6.03 Å². The third kappa shape index (κ3) is 4.59. The topological polar surface area (TPSA) is 41.6 Å². The fourth-order valence-electron chi connectivity index (χ4n) is 1.11. The fourth-order valence-corrected chi connectivity index (χ4v) is 1.11. The van der Waals surface area contributed by atoms with E-state index < -0.39 is 0 Å². The summed E-state index contributed by atoms with van der Waals surface area (Å²) in [4.78, 5) is 12.9. The molecule has 4 nitrogen and oxygen atoms in total. The van der Waals surface area contributed by atoms with E-state index in [0.717, 1.165) is 11.4 Å². The van der Waals surface area contributed by atoms with Crippen LogP contribution in [0.2, 0.25) is 0 Å². The van der Waals surface area contributed by atoms with Crippen molar-refractivity contribution in [2.75, 3.05) is 26.0 Å². The van der Waals surface area contributed by atoms with Gasteiger partial charge < -0.3 is 15.0 Å². The van der Waals surface area contributed by atoms with Crippen LogP contribution in [0, 0.1) is 0 Å². The molecule has 0 saturated heterocycles. The lowest BCUT2D eigenvalue weighted by Gasteiger charge is -2.12. The SMILES string of the molecule is C/C=C/COc1ccc(NC(=O)N(C)C)cc1. The van der Waals surface area contributed by atoms with Gasteiger partial charge in [0.25, 0.3) is 0 Å². The van der Waals surface area contributed by atoms with Crippen molar-refractivity contribution in [2.45, 2.75) is 6.92 Å². The number of carbonyl (C=O) groups is 1. The normalized spacial score (nSPS) is 10.3. The lowest BCUT2D eigenvalue weighted by atomic mass is 10.3. The summed E-state index contributed by atoms with van der Waals surface area (Å²) >= 11 is 0. The largest absolute Gasteiger partial charge is 0.490 e. The van der Waals surface area contributed by atoms with Gasteiger partial charge in [-0.05, 0) is 31.2 Å². The van der Waals surface area contributed by atoms with Gasteiger partial charge in [-0.15, -0.1) is 0 Å². The molecule has 0 saturated carbocycles. The quantitative estimate of drug-likeness (QED) is 0.814. The molecule has 17 heavy (non-hydrogen) atoms. The van der Waals surface area contributed by atoms with E-state index in [1.165, 1.54) is 4.90 Å². The molecule has 0 radical (unpaired) electrons. The van der Waals surface area contributed by atoms with Crippen LogP contribution in [0.15, 0.2) is 36.4 Å². The lowest BCUT2D eigenvalue weighted by molar-refractivity contribution is 0.230. The third-order valence-electron chi connectivity index (χ3n) is 2.09. The van der Waals surface area contributed by atoms with Crippen molar-refractivity contribution in [2.24, 2.45) is 0 Å². The number of amides is 2. The number of benzene rings is 1. The van der Waals surface area contributed by atoms with E-state index in [0.29, 0.717) is 6.61 Å². The standard InChI is InChI=1S/C13H18N2O2/c1-4-5-10-17-12-8-6-11(7-9-12)14-13(16)15(2)3/h4-9H,10H2,1-3H3,(H,14,16)/b5-4+. The molecular formula is C13H18N2O2. The third-order valence-corrected chi connectivity index (χ3v) is 2.09. The number of nitrogens with one attached hydrogen (secondary N) is 1. The van der Waals surface area contributed by atoms with Crippen LogP contribution in [0.1, 0.15) is 6.92 Å². The molecule has 0 heterocycles. The molecule has 0 aromatic heterocycles. The van der Waals surface area contributed by atoms with E-state index in [4.69, 9.17) is 4.74 Å². The summed E-state index contributed by atoms with van der Waals surface area (Å²) in [6.45, 7) is 2.50. The Balaban J connectivity index is 2.53. The van der Waals surface area contributed by atoms with Crippen molar-refractivity contribution in [3.63, 3.8) is 0 Å². The number of carbonyl (C=O) groups excluding carboxylic acids is 1. The van der Waals surface area contributed by atoms with Crippen LogP contribution in [-0.2, 0) is 0 Å². The molecule has 4 heteroatoms. The minimum absolute atomic E-state index is 0.146. The molecule has 1 aromatic rings. The van der Waals surface area contributed by atoms with E-state index in [1.54, 1.807) is 14.1 Å². The van der Waals surface area contributed by atoms with Gasteiger partial charge in [0.2, 0.25) is 0 Å². The fraction of sp³-hybridized carbons (Fsp3) is 0.308. The van der Waals surface area contributed by atoms with Crippen LogP contribution in [0.4, 0.5) is 10.5 Å². The van der Waals surface area contributed by atoms with E-state index in [1.807, 2.05) is 43.3 Å². The maximum absolute atomic E-state index is 11.4. The van der Waals surface area contributed by atoms with E-state index in [9.17, 15) is 4.79 Å². The van der Waals surface area contributed by atoms with E-state index >= 15 is 0 Å². The van der Waals surface area contributed by atoms with Gasteiger partial charge in [0.1, 0.15) is 12.4 Å². The number of urea groups is 1. The van der Waals surface area contributed by atoms with Gasteiger partial charge >= 0.3 is 6.03 Å². The van der Waals surface area contributed by atoms with Gasteiger partial charge in [-0.3, -0.25) is 0 Å². The Morgan fingerprint density at radius 2 is 2.00 bits per heavy atom. The molecule has 0 aliphatic rings. The molecular weight excluding hydrogens is 216 g/mol. The maximum atomic E-state index is 11.4. The van der Waals surface area contributed by atoms with Gasteiger partial charge in [0, 0.05) is 19.8 Å². The molecule has 1 N–H and O–H groups in total. The zero-order chi connectivity index (χ0) is 12.7. The molecule has 1 aromatic carbocycles. The van der Waals surface area contributed by atoms with Crippen molar-refractivity contribution in [1.29, 1.82) is 0 Å². The monoisotopic (exact) mass is 234 g/mol. The zero-order valence-corrected chi connectivity index (χ0v) is 10.4. The smallest absolute Gasteiger partial charge is 0.321 e. The van der Waals surface area contributed by atoms with Crippen molar-refractivity contribution in [3.05, 3.63) is 36.4 Å². The Morgan fingerprint density at radius 1 is 1.35 bits per heavy atom. The Morgan fingerprint density at radius 3 is 2.53 bits per heavy atom. The molecule has 0 unspecified atom stereocenters. The molecule has 92 valence electrons. The Labute approximate surface area is 102 Å². The Bertz CT molecular complexity index is 383.